The number of hydrogen-bond acceptors (Lipinski definition) is 7. The predicted molar refractivity (Wildman–Crippen MR) is 80.7 cm³/mol. The Morgan fingerprint density at radius 1 is 1.43 bits per heavy atom. The number of rotatable bonds is 5. The molecule has 21 heavy (non-hydrogen) atoms. The zero-order valence-corrected chi connectivity index (χ0v) is 11.9. The molecular formula is C12H13N5O3S. The molecule has 1 heterocycles. The van der Waals surface area contributed by atoms with Gasteiger partial charge in [0, 0.05) is 35.3 Å². The van der Waals surface area contributed by atoms with E-state index in [1.807, 2.05) is 6.92 Å². The van der Waals surface area contributed by atoms with Crippen molar-refractivity contribution in [1.29, 1.82) is 0 Å². The van der Waals surface area contributed by atoms with Crippen LogP contribution in [0.3, 0.4) is 0 Å². The topological polar surface area (TPSA) is 127 Å². The van der Waals surface area contributed by atoms with Gasteiger partial charge in [-0.2, -0.15) is 0 Å². The Labute approximate surface area is 123 Å². The third-order valence-corrected chi connectivity index (χ3v) is 3.30. The maximum absolute atomic E-state index is 11.3. The Hall–Kier alpha value is -2.55. The largest absolute Gasteiger partial charge is 0.385 e. The Kier molecular flexibility index (Phi) is 4.43. The van der Waals surface area contributed by atoms with E-state index < -0.39 is 4.92 Å². The molecule has 9 heteroatoms. The van der Waals surface area contributed by atoms with Crippen LogP contribution in [0.15, 0.2) is 39.1 Å². The van der Waals surface area contributed by atoms with Gasteiger partial charge in [0.25, 0.3) is 11.2 Å². The van der Waals surface area contributed by atoms with Crippen molar-refractivity contribution in [2.24, 2.45) is 0 Å². The molecule has 0 spiro atoms. The lowest BCUT2D eigenvalue weighted by Crippen LogP contribution is -2.09. The molecular weight excluding hydrogens is 294 g/mol. The van der Waals surface area contributed by atoms with Gasteiger partial charge in [0.1, 0.15) is 5.82 Å². The van der Waals surface area contributed by atoms with Crippen LogP contribution in [-0.2, 0) is 0 Å². The summed E-state index contributed by atoms with van der Waals surface area (Å²) < 4.78 is 0. The van der Waals surface area contributed by atoms with Crippen LogP contribution in [0, 0.1) is 10.1 Å². The lowest BCUT2D eigenvalue weighted by Gasteiger charge is -2.06. The molecule has 2 aromatic rings. The van der Waals surface area contributed by atoms with Crippen molar-refractivity contribution in [3.05, 3.63) is 44.7 Å². The lowest BCUT2D eigenvalue weighted by molar-refractivity contribution is -0.385. The molecule has 2 rings (SSSR count). The van der Waals surface area contributed by atoms with E-state index >= 15 is 0 Å². The number of nitrogens with two attached hydrogens (primary N) is 1. The smallest absolute Gasteiger partial charge is 0.272 e. The van der Waals surface area contributed by atoms with Gasteiger partial charge >= 0.3 is 0 Å². The molecule has 0 radical (unpaired) electrons. The van der Waals surface area contributed by atoms with Crippen LogP contribution in [0.4, 0.5) is 17.2 Å². The van der Waals surface area contributed by atoms with Gasteiger partial charge < -0.3 is 16.0 Å². The summed E-state index contributed by atoms with van der Waals surface area (Å²) in [6.45, 7) is 2.53. The van der Waals surface area contributed by atoms with E-state index in [2.05, 4.69) is 15.3 Å². The predicted octanol–water partition coefficient (Wildman–Crippen LogP) is 1.84. The van der Waals surface area contributed by atoms with Crippen molar-refractivity contribution in [3.63, 3.8) is 0 Å². The molecule has 0 atom stereocenters. The number of nitro benzene ring substituents is 1. The van der Waals surface area contributed by atoms with Crippen molar-refractivity contribution in [2.45, 2.75) is 17.0 Å². The van der Waals surface area contributed by atoms with Gasteiger partial charge in [-0.3, -0.25) is 14.9 Å². The molecule has 0 amide bonds. The van der Waals surface area contributed by atoms with Crippen LogP contribution in [0.2, 0.25) is 0 Å². The Balaban J connectivity index is 2.38. The standard InChI is InChI=1S/C12H13N5O3S/c1-2-14-7-3-8(17(19)20)5-9(4-7)21-12-15-10(13)6-11(18)16-12/h3-6,14H,2H2,1H3,(H3,13,15,16,18). The minimum Gasteiger partial charge on any atom is -0.385 e. The van der Waals surface area contributed by atoms with Gasteiger partial charge in [-0.05, 0) is 13.0 Å². The summed E-state index contributed by atoms with van der Waals surface area (Å²) in [5, 5.41) is 14.2. The number of benzene rings is 1. The molecule has 0 saturated carbocycles. The quantitative estimate of drug-likeness (QED) is 0.437. The van der Waals surface area contributed by atoms with Crippen molar-refractivity contribution < 1.29 is 4.92 Å². The fourth-order valence-corrected chi connectivity index (χ4v) is 2.56. The average Bonchev–Trinajstić information content (AvgIpc) is 2.37. The van der Waals surface area contributed by atoms with Gasteiger partial charge in [0.2, 0.25) is 0 Å². The van der Waals surface area contributed by atoms with E-state index in [1.54, 1.807) is 6.07 Å². The van der Waals surface area contributed by atoms with Gasteiger partial charge in [-0.1, -0.05) is 11.8 Å². The average molecular weight is 307 g/mol. The molecule has 8 nitrogen and oxygen atoms in total. The number of anilines is 2. The van der Waals surface area contributed by atoms with E-state index in [0.717, 1.165) is 11.8 Å². The van der Waals surface area contributed by atoms with E-state index in [1.165, 1.54) is 18.2 Å². The molecule has 110 valence electrons. The highest BCUT2D eigenvalue weighted by Crippen LogP contribution is 2.31. The molecule has 0 bridgehead atoms. The summed E-state index contributed by atoms with van der Waals surface area (Å²) in [6.07, 6.45) is 0. The number of non-ortho nitro benzene ring substituents is 1. The summed E-state index contributed by atoms with van der Waals surface area (Å²) >= 11 is 1.10. The first-order valence-corrected chi connectivity index (χ1v) is 6.87. The fraction of sp³-hybridized carbons (Fsp3) is 0.167. The number of nitrogens with zero attached hydrogens (tertiary/aromatic N) is 2. The van der Waals surface area contributed by atoms with E-state index in [9.17, 15) is 14.9 Å². The molecule has 0 aliphatic heterocycles. The summed E-state index contributed by atoms with van der Waals surface area (Å²) in [5.74, 6) is 0.0959. The Bertz CT molecular complexity index is 731. The molecule has 1 aromatic heterocycles. The Morgan fingerprint density at radius 2 is 2.19 bits per heavy atom. The monoisotopic (exact) mass is 307 g/mol. The van der Waals surface area contributed by atoms with Gasteiger partial charge in [-0.15, -0.1) is 0 Å². The maximum Gasteiger partial charge on any atom is 0.272 e. The summed E-state index contributed by atoms with van der Waals surface area (Å²) in [5.41, 5.74) is 5.72. The van der Waals surface area contributed by atoms with Crippen LogP contribution in [-0.4, -0.2) is 21.4 Å². The highest BCUT2D eigenvalue weighted by Gasteiger charge is 2.11. The van der Waals surface area contributed by atoms with Crippen LogP contribution >= 0.6 is 11.8 Å². The van der Waals surface area contributed by atoms with E-state index in [4.69, 9.17) is 5.73 Å². The lowest BCUT2D eigenvalue weighted by atomic mass is 10.3. The molecule has 4 N–H and O–H groups in total. The van der Waals surface area contributed by atoms with Crippen molar-refractivity contribution >= 4 is 29.0 Å². The first-order valence-electron chi connectivity index (χ1n) is 6.06. The first-order chi connectivity index (χ1) is 9.97. The SMILES string of the molecule is CCNc1cc(Sc2nc(N)cc(=O)[nH]2)cc([N+](=O)[O-])c1. The second-order valence-electron chi connectivity index (χ2n) is 4.08. The number of H-pyrrole nitrogens is 1. The highest BCUT2D eigenvalue weighted by atomic mass is 32.2. The van der Waals surface area contributed by atoms with Crippen LogP contribution < -0.4 is 16.6 Å². The van der Waals surface area contributed by atoms with Gasteiger partial charge in [-0.25, -0.2) is 4.98 Å². The van der Waals surface area contributed by atoms with Gasteiger partial charge in [0.15, 0.2) is 5.16 Å². The molecule has 0 aliphatic carbocycles. The number of hydrogen-bond donors (Lipinski definition) is 3. The first kappa shape index (κ1) is 14.9. The second-order valence-corrected chi connectivity index (χ2v) is 5.14. The third kappa shape index (κ3) is 3.96. The van der Waals surface area contributed by atoms with Crippen LogP contribution in [0.5, 0.6) is 0 Å². The Morgan fingerprint density at radius 3 is 2.81 bits per heavy atom. The second kappa shape index (κ2) is 6.27. The van der Waals surface area contributed by atoms with Crippen LogP contribution in [0.25, 0.3) is 0 Å². The van der Waals surface area contributed by atoms with Crippen LogP contribution in [0.1, 0.15) is 6.92 Å². The fourth-order valence-electron chi connectivity index (χ4n) is 1.67. The normalized spacial score (nSPS) is 10.3. The molecule has 0 unspecified atom stereocenters. The maximum atomic E-state index is 11.3. The minimum atomic E-state index is -0.472. The molecule has 0 saturated heterocycles. The third-order valence-electron chi connectivity index (χ3n) is 2.44. The number of nitrogens with one attached hydrogen (secondary N) is 2. The highest BCUT2D eigenvalue weighted by molar-refractivity contribution is 7.99. The number of aromatic nitrogens is 2. The summed E-state index contributed by atoms with van der Waals surface area (Å²) in [6, 6.07) is 5.77. The van der Waals surface area contributed by atoms with Crippen molar-refractivity contribution in [3.8, 4) is 0 Å². The number of nitrogen functional groups attached to an aromatic ring is 1. The zero-order valence-electron chi connectivity index (χ0n) is 11.1. The zero-order chi connectivity index (χ0) is 15.4. The molecule has 0 aliphatic rings. The van der Waals surface area contributed by atoms with Crippen molar-refractivity contribution in [1.82, 2.24) is 9.97 Å². The van der Waals surface area contributed by atoms with E-state index in [0.29, 0.717) is 17.1 Å². The van der Waals surface area contributed by atoms with Crippen molar-refractivity contribution in [2.75, 3.05) is 17.6 Å². The number of aromatic amines is 1. The number of nitro groups is 1. The summed E-state index contributed by atoms with van der Waals surface area (Å²) in [4.78, 5) is 28.9. The summed E-state index contributed by atoms with van der Waals surface area (Å²) in [7, 11) is 0. The van der Waals surface area contributed by atoms with Gasteiger partial charge in [0.05, 0.1) is 4.92 Å². The molecule has 1 aromatic carbocycles. The molecule has 0 fully saturated rings. The van der Waals surface area contributed by atoms with E-state index in [-0.39, 0.29) is 22.2 Å². The minimum absolute atomic E-state index is 0.0396.